The van der Waals surface area contributed by atoms with Crippen molar-refractivity contribution < 1.29 is 14.8 Å². The van der Waals surface area contributed by atoms with Crippen molar-refractivity contribution in [2.75, 3.05) is 0 Å². The van der Waals surface area contributed by atoms with Gasteiger partial charge in [0.15, 0.2) is 17.0 Å². The van der Waals surface area contributed by atoms with Crippen LogP contribution in [0.15, 0.2) is 54.7 Å². The quantitative estimate of drug-likeness (QED) is 0.585. The molecule has 0 aliphatic rings. The maximum Gasteiger partial charge on any atom is 0.295 e. The average Bonchev–Trinajstić information content (AvgIpc) is 2.49. The van der Waals surface area contributed by atoms with Gasteiger partial charge in [0.05, 0.1) is 4.92 Å². The summed E-state index contributed by atoms with van der Waals surface area (Å²) < 4.78 is 5.64. The fraction of sp³-hybridized carbons (Fsp3) is 0. The van der Waals surface area contributed by atoms with Gasteiger partial charge in [-0.3, -0.25) is 10.1 Å². The molecule has 104 valence electrons. The molecule has 1 aromatic heterocycles. The van der Waals surface area contributed by atoms with Gasteiger partial charge in [-0.1, -0.05) is 12.1 Å². The minimum Gasteiger partial charge on any atom is -0.504 e. The zero-order valence-electron chi connectivity index (χ0n) is 10.8. The second-order valence-corrected chi connectivity index (χ2v) is 4.31. The molecule has 3 rings (SSSR count). The molecule has 0 spiro atoms. The van der Waals surface area contributed by atoms with E-state index in [1.54, 1.807) is 30.3 Å². The van der Waals surface area contributed by atoms with E-state index in [2.05, 4.69) is 4.98 Å². The van der Waals surface area contributed by atoms with Gasteiger partial charge in [-0.05, 0) is 30.3 Å². The van der Waals surface area contributed by atoms with Crippen molar-refractivity contribution in [3.05, 3.63) is 64.8 Å². The summed E-state index contributed by atoms with van der Waals surface area (Å²) in [5.74, 6) is 0.662. The molecule has 1 heterocycles. The molecule has 0 bridgehead atoms. The molecule has 1 N–H and O–H groups in total. The highest BCUT2D eigenvalue weighted by molar-refractivity contribution is 5.92. The molecule has 6 nitrogen and oxygen atoms in total. The molecule has 0 saturated heterocycles. The Balaban J connectivity index is 2.14. The highest BCUT2D eigenvalue weighted by Gasteiger charge is 2.16. The van der Waals surface area contributed by atoms with Gasteiger partial charge >= 0.3 is 0 Å². The molecule has 3 aromatic rings. The largest absolute Gasteiger partial charge is 0.504 e. The Kier molecular flexibility index (Phi) is 3.12. The maximum atomic E-state index is 11.0. The highest BCUT2D eigenvalue weighted by Crippen LogP contribution is 2.36. The van der Waals surface area contributed by atoms with Crippen LogP contribution in [0, 0.1) is 10.1 Å². The molecule has 0 fully saturated rings. The van der Waals surface area contributed by atoms with Crippen LogP contribution in [0.2, 0.25) is 0 Å². The number of benzene rings is 2. The Morgan fingerprint density at radius 1 is 1.05 bits per heavy atom. The number of rotatable bonds is 3. The highest BCUT2D eigenvalue weighted by atomic mass is 16.6. The predicted octanol–water partition coefficient (Wildman–Crippen LogP) is 3.64. The van der Waals surface area contributed by atoms with Crippen LogP contribution in [-0.4, -0.2) is 15.0 Å². The maximum absolute atomic E-state index is 11.0. The molecule has 0 unspecified atom stereocenters. The number of ether oxygens (including phenoxy) is 1. The lowest BCUT2D eigenvalue weighted by Crippen LogP contribution is -1.93. The molecular weight excluding hydrogens is 272 g/mol. The van der Waals surface area contributed by atoms with Crippen molar-refractivity contribution in [1.82, 2.24) is 4.98 Å². The topological polar surface area (TPSA) is 85.5 Å². The first-order chi connectivity index (χ1) is 10.2. The van der Waals surface area contributed by atoms with Crippen molar-refractivity contribution in [3.8, 4) is 17.2 Å². The molecule has 0 amide bonds. The third kappa shape index (κ3) is 2.34. The van der Waals surface area contributed by atoms with Gasteiger partial charge in [-0.25, -0.2) is 4.98 Å². The van der Waals surface area contributed by atoms with Gasteiger partial charge < -0.3 is 9.84 Å². The number of aromatic hydroxyl groups is 1. The standard InChI is InChI=1S/C15H10N2O4/c18-12-5-1-2-6-14(12)21-13-8-7-11(17(19)20)15-10(13)4-3-9-16-15/h1-9,18H. The van der Waals surface area contributed by atoms with Crippen LogP contribution in [0.1, 0.15) is 0 Å². The molecule has 0 saturated carbocycles. The molecule has 0 radical (unpaired) electrons. The van der Waals surface area contributed by atoms with Crippen molar-refractivity contribution >= 4 is 16.6 Å². The second-order valence-electron chi connectivity index (χ2n) is 4.31. The first-order valence-corrected chi connectivity index (χ1v) is 6.15. The summed E-state index contributed by atoms with van der Waals surface area (Å²) in [4.78, 5) is 14.6. The Bertz CT molecular complexity index is 833. The van der Waals surface area contributed by atoms with Crippen LogP contribution < -0.4 is 4.74 Å². The van der Waals surface area contributed by atoms with Crippen molar-refractivity contribution in [1.29, 1.82) is 0 Å². The van der Waals surface area contributed by atoms with E-state index in [0.717, 1.165) is 0 Å². The molecule has 0 aliphatic carbocycles. The Labute approximate surface area is 119 Å². The Morgan fingerprint density at radius 3 is 2.62 bits per heavy atom. The minimum absolute atomic E-state index is 0.00658. The number of nitro benzene ring substituents is 1. The monoisotopic (exact) mass is 282 g/mol. The van der Waals surface area contributed by atoms with Crippen LogP contribution >= 0.6 is 0 Å². The lowest BCUT2D eigenvalue weighted by atomic mass is 10.1. The van der Waals surface area contributed by atoms with E-state index in [0.29, 0.717) is 11.1 Å². The van der Waals surface area contributed by atoms with Gasteiger partial charge in [-0.15, -0.1) is 0 Å². The number of phenolic OH excluding ortho intramolecular Hbond substituents is 1. The van der Waals surface area contributed by atoms with E-state index >= 15 is 0 Å². The number of nitro groups is 1. The Morgan fingerprint density at radius 2 is 1.86 bits per heavy atom. The average molecular weight is 282 g/mol. The van der Waals surface area contributed by atoms with Crippen LogP contribution in [-0.2, 0) is 0 Å². The van der Waals surface area contributed by atoms with E-state index in [9.17, 15) is 15.2 Å². The molecule has 6 heteroatoms. The summed E-state index contributed by atoms with van der Waals surface area (Å²) in [6, 6.07) is 12.7. The number of hydrogen-bond acceptors (Lipinski definition) is 5. The van der Waals surface area contributed by atoms with E-state index in [4.69, 9.17) is 4.74 Å². The van der Waals surface area contributed by atoms with Gasteiger partial charge in [0.2, 0.25) is 0 Å². The van der Waals surface area contributed by atoms with E-state index in [1.807, 2.05) is 0 Å². The van der Waals surface area contributed by atoms with Crippen molar-refractivity contribution in [2.24, 2.45) is 0 Å². The van der Waals surface area contributed by atoms with Crippen LogP contribution in [0.5, 0.6) is 17.2 Å². The van der Waals surface area contributed by atoms with Crippen molar-refractivity contribution in [2.45, 2.75) is 0 Å². The zero-order valence-corrected chi connectivity index (χ0v) is 10.8. The summed E-state index contributed by atoms with van der Waals surface area (Å²) >= 11 is 0. The number of para-hydroxylation sites is 2. The second kappa shape index (κ2) is 5.09. The molecular formula is C15H10N2O4. The van der Waals surface area contributed by atoms with Gasteiger partial charge in [0, 0.05) is 17.6 Å². The van der Waals surface area contributed by atoms with Gasteiger partial charge in [-0.2, -0.15) is 0 Å². The number of aromatic nitrogens is 1. The first kappa shape index (κ1) is 12.9. The van der Waals surface area contributed by atoms with Crippen LogP contribution in [0.25, 0.3) is 10.9 Å². The number of fused-ring (bicyclic) bond motifs is 1. The SMILES string of the molecule is O=[N+]([O-])c1ccc(Oc2ccccc2O)c2cccnc12. The normalized spacial score (nSPS) is 10.5. The van der Waals surface area contributed by atoms with E-state index < -0.39 is 4.92 Å². The third-order valence-electron chi connectivity index (χ3n) is 2.99. The summed E-state index contributed by atoms with van der Waals surface area (Å²) in [6.45, 7) is 0. The summed E-state index contributed by atoms with van der Waals surface area (Å²) in [5, 5.41) is 21.3. The minimum atomic E-state index is -0.487. The molecule has 0 atom stereocenters. The number of pyridine rings is 1. The molecule has 21 heavy (non-hydrogen) atoms. The number of non-ortho nitro benzene ring substituents is 1. The first-order valence-electron chi connectivity index (χ1n) is 6.15. The zero-order chi connectivity index (χ0) is 14.8. The molecule has 0 aliphatic heterocycles. The molecule has 2 aromatic carbocycles. The smallest absolute Gasteiger partial charge is 0.295 e. The Hall–Kier alpha value is -3.15. The van der Waals surface area contributed by atoms with Crippen molar-refractivity contribution in [3.63, 3.8) is 0 Å². The lowest BCUT2D eigenvalue weighted by molar-refractivity contribution is -0.383. The summed E-state index contributed by atoms with van der Waals surface area (Å²) in [7, 11) is 0. The van der Waals surface area contributed by atoms with Gasteiger partial charge in [0.25, 0.3) is 5.69 Å². The van der Waals surface area contributed by atoms with Crippen LogP contribution in [0.4, 0.5) is 5.69 Å². The number of phenols is 1. The van der Waals surface area contributed by atoms with E-state index in [-0.39, 0.29) is 22.7 Å². The third-order valence-corrected chi connectivity index (χ3v) is 2.99. The number of hydrogen-bond donors (Lipinski definition) is 1. The van der Waals surface area contributed by atoms with Gasteiger partial charge in [0.1, 0.15) is 5.75 Å². The fourth-order valence-corrected chi connectivity index (χ4v) is 2.03. The lowest BCUT2D eigenvalue weighted by Gasteiger charge is -2.09. The summed E-state index contributed by atoms with van der Waals surface area (Å²) in [6.07, 6.45) is 1.49. The van der Waals surface area contributed by atoms with Crippen LogP contribution in [0.3, 0.4) is 0 Å². The fourth-order valence-electron chi connectivity index (χ4n) is 2.03. The number of nitrogens with zero attached hydrogens (tertiary/aromatic N) is 2. The summed E-state index contributed by atoms with van der Waals surface area (Å²) in [5.41, 5.74) is 0.158. The van der Waals surface area contributed by atoms with E-state index in [1.165, 1.54) is 24.4 Å². The predicted molar refractivity (Wildman–Crippen MR) is 76.6 cm³/mol.